The van der Waals surface area contributed by atoms with E-state index in [1.165, 1.54) is 6.07 Å². The molecule has 0 bridgehead atoms. The summed E-state index contributed by atoms with van der Waals surface area (Å²) < 4.78 is 18.9. The average Bonchev–Trinajstić information content (AvgIpc) is 2.34. The molecule has 0 saturated carbocycles. The Bertz CT molecular complexity index is 497. The topological polar surface area (TPSA) is 64.3 Å². The minimum Gasteiger partial charge on any atom is -0.466 e. The molecule has 0 aliphatic heterocycles. The molecule has 4 nitrogen and oxygen atoms in total. The number of ether oxygens (including phenoxy) is 1. The first-order valence-corrected chi connectivity index (χ1v) is 6.84. The van der Waals surface area contributed by atoms with Gasteiger partial charge in [-0.3, -0.25) is 4.79 Å². The van der Waals surface area contributed by atoms with Crippen molar-refractivity contribution in [1.29, 1.82) is 0 Å². The number of carbonyl (C=O) groups excluding carboxylic acids is 1. The average molecular weight is 349 g/mol. The zero-order valence-corrected chi connectivity index (χ0v) is 12.7. The smallest absolute Gasteiger partial charge is 0.307 e. The Balaban J connectivity index is 2.68. The quantitative estimate of drug-likeness (QED) is 0.611. The number of nitrogens with one attached hydrogen (secondary N) is 1. The molecular weight excluding hydrogens is 335 g/mol. The Labute approximate surface area is 124 Å². The molecule has 19 heavy (non-hydrogen) atoms. The third-order valence-corrected chi connectivity index (χ3v) is 3.29. The van der Waals surface area contributed by atoms with E-state index in [-0.39, 0.29) is 34.1 Å². The molecule has 104 valence electrons. The van der Waals surface area contributed by atoms with Crippen LogP contribution in [-0.4, -0.2) is 24.1 Å². The molecule has 0 radical (unpaired) electrons. The van der Waals surface area contributed by atoms with Crippen LogP contribution in [0.1, 0.15) is 18.9 Å². The minimum absolute atomic E-state index is 0.115. The SMILES string of the molecule is CCOC(=O)CCNc1ccc(C(N)=S)c(Br)c1F. The van der Waals surface area contributed by atoms with E-state index in [0.717, 1.165) is 0 Å². The van der Waals surface area contributed by atoms with Crippen LogP contribution in [-0.2, 0) is 9.53 Å². The molecule has 1 aromatic carbocycles. The van der Waals surface area contributed by atoms with Crippen molar-refractivity contribution in [1.82, 2.24) is 0 Å². The zero-order valence-electron chi connectivity index (χ0n) is 10.3. The maximum atomic E-state index is 14.0. The van der Waals surface area contributed by atoms with E-state index in [4.69, 9.17) is 22.7 Å². The molecular formula is C12H14BrFN2O2S. The summed E-state index contributed by atoms with van der Waals surface area (Å²) in [4.78, 5) is 11.2. The molecule has 0 atom stereocenters. The lowest BCUT2D eigenvalue weighted by atomic mass is 10.2. The van der Waals surface area contributed by atoms with Gasteiger partial charge in [-0.05, 0) is 35.0 Å². The van der Waals surface area contributed by atoms with Gasteiger partial charge in [0.25, 0.3) is 0 Å². The van der Waals surface area contributed by atoms with E-state index >= 15 is 0 Å². The van der Waals surface area contributed by atoms with Gasteiger partial charge in [-0.2, -0.15) is 0 Å². The summed E-state index contributed by atoms with van der Waals surface area (Å²) in [5, 5.41) is 2.82. The van der Waals surface area contributed by atoms with Gasteiger partial charge in [0.15, 0.2) is 5.82 Å². The second-order valence-corrected chi connectivity index (χ2v) is 4.87. The fraction of sp³-hybridized carbons (Fsp3) is 0.333. The third kappa shape index (κ3) is 4.43. The van der Waals surface area contributed by atoms with E-state index < -0.39 is 5.82 Å². The first-order valence-electron chi connectivity index (χ1n) is 5.64. The maximum Gasteiger partial charge on any atom is 0.307 e. The fourth-order valence-corrected chi connectivity index (χ4v) is 2.27. The number of carbonyl (C=O) groups is 1. The number of esters is 1. The molecule has 1 rings (SSSR count). The molecule has 0 saturated heterocycles. The van der Waals surface area contributed by atoms with Gasteiger partial charge in [-0.25, -0.2) is 4.39 Å². The summed E-state index contributed by atoms with van der Waals surface area (Å²) >= 11 is 7.91. The van der Waals surface area contributed by atoms with Crippen LogP contribution < -0.4 is 11.1 Å². The summed E-state index contributed by atoms with van der Waals surface area (Å²) in [6, 6.07) is 3.14. The number of hydrogen-bond acceptors (Lipinski definition) is 4. The maximum absolute atomic E-state index is 14.0. The number of rotatable bonds is 6. The van der Waals surface area contributed by atoms with Gasteiger partial charge >= 0.3 is 5.97 Å². The summed E-state index contributed by atoms with van der Waals surface area (Å²) in [5.41, 5.74) is 6.17. The van der Waals surface area contributed by atoms with E-state index in [1.807, 2.05) is 0 Å². The molecule has 0 aliphatic carbocycles. The molecule has 3 N–H and O–H groups in total. The lowest BCUT2D eigenvalue weighted by molar-refractivity contribution is -0.142. The van der Waals surface area contributed by atoms with Crippen molar-refractivity contribution >= 4 is 44.8 Å². The monoisotopic (exact) mass is 348 g/mol. The standard InChI is InChI=1S/C12H14BrFN2O2S/c1-2-18-9(17)5-6-16-8-4-3-7(12(15)19)10(13)11(8)14/h3-4,16H,2,5-6H2,1H3,(H2,15,19). The van der Waals surface area contributed by atoms with Gasteiger partial charge in [-0.1, -0.05) is 12.2 Å². The Hall–Kier alpha value is -1.21. The molecule has 0 amide bonds. The highest BCUT2D eigenvalue weighted by molar-refractivity contribution is 9.10. The minimum atomic E-state index is -0.492. The highest BCUT2D eigenvalue weighted by atomic mass is 79.9. The number of thiocarbonyl (C=S) groups is 1. The molecule has 7 heteroatoms. The van der Waals surface area contributed by atoms with Crippen molar-refractivity contribution in [2.45, 2.75) is 13.3 Å². The predicted molar refractivity (Wildman–Crippen MR) is 79.7 cm³/mol. The number of anilines is 1. The molecule has 1 aromatic rings. The molecule has 0 heterocycles. The van der Waals surface area contributed by atoms with Gasteiger partial charge < -0.3 is 15.8 Å². The van der Waals surface area contributed by atoms with Gasteiger partial charge in [0.1, 0.15) is 4.99 Å². The molecule has 0 spiro atoms. The van der Waals surface area contributed by atoms with Crippen LogP contribution in [0.25, 0.3) is 0 Å². The lowest BCUT2D eigenvalue weighted by Gasteiger charge is -2.10. The molecule has 0 unspecified atom stereocenters. The Kier molecular flexibility index (Phi) is 6.17. The van der Waals surface area contributed by atoms with Crippen LogP contribution >= 0.6 is 28.1 Å². The summed E-state index contributed by atoms with van der Waals surface area (Å²) in [5.74, 6) is -0.816. The highest BCUT2D eigenvalue weighted by Crippen LogP contribution is 2.27. The first kappa shape index (κ1) is 15.8. The fourth-order valence-electron chi connectivity index (χ4n) is 1.41. The van der Waals surface area contributed by atoms with Gasteiger partial charge in [0, 0.05) is 12.1 Å². The van der Waals surface area contributed by atoms with Crippen molar-refractivity contribution in [3.05, 3.63) is 28.0 Å². The number of benzene rings is 1. The Morgan fingerprint density at radius 1 is 1.58 bits per heavy atom. The molecule has 0 aromatic heterocycles. The molecule has 0 aliphatic rings. The van der Waals surface area contributed by atoms with Crippen molar-refractivity contribution in [2.24, 2.45) is 5.73 Å². The van der Waals surface area contributed by atoms with E-state index in [0.29, 0.717) is 12.2 Å². The van der Waals surface area contributed by atoms with Crippen molar-refractivity contribution in [2.75, 3.05) is 18.5 Å². The van der Waals surface area contributed by atoms with Crippen molar-refractivity contribution in [3.8, 4) is 0 Å². The normalized spacial score (nSPS) is 10.1. The van der Waals surface area contributed by atoms with E-state index in [2.05, 4.69) is 21.2 Å². The summed E-state index contributed by atoms with van der Waals surface area (Å²) in [7, 11) is 0. The van der Waals surface area contributed by atoms with Gasteiger partial charge in [0.05, 0.1) is 23.2 Å². The summed E-state index contributed by atoms with van der Waals surface area (Å²) in [6.45, 7) is 2.35. The Morgan fingerprint density at radius 2 is 2.26 bits per heavy atom. The summed E-state index contributed by atoms with van der Waals surface area (Å²) in [6.07, 6.45) is 0.169. The van der Waals surface area contributed by atoms with Crippen LogP contribution in [0.2, 0.25) is 0 Å². The van der Waals surface area contributed by atoms with Crippen LogP contribution in [0.3, 0.4) is 0 Å². The van der Waals surface area contributed by atoms with Gasteiger partial charge in [0.2, 0.25) is 0 Å². The van der Waals surface area contributed by atoms with E-state index in [1.54, 1.807) is 13.0 Å². The third-order valence-electron chi connectivity index (χ3n) is 2.30. The Morgan fingerprint density at radius 3 is 2.84 bits per heavy atom. The number of hydrogen-bond donors (Lipinski definition) is 2. The van der Waals surface area contributed by atoms with Crippen molar-refractivity contribution in [3.63, 3.8) is 0 Å². The first-order chi connectivity index (χ1) is 8.97. The second kappa shape index (κ2) is 7.40. The van der Waals surface area contributed by atoms with Gasteiger partial charge in [-0.15, -0.1) is 0 Å². The predicted octanol–water partition coefficient (Wildman–Crippen LogP) is 2.59. The molecule has 0 fully saturated rings. The van der Waals surface area contributed by atoms with Crippen LogP contribution in [0.15, 0.2) is 16.6 Å². The zero-order chi connectivity index (χ0) is 14.4. The van der Waals surface area contributed by atoms with Crippen LogP contribution in [0.4, 0.5) is 10.1 Å². The second-order valence-electron chi connectivity index (χ2n) is 3.63. The van der Waals surface area contributed by atoms with Crippen molar-refractivity contribution < 1.29 is 13.9 Å². The largest absolute Gasteiger partial charge is 0.466 e. The highest BCUT2D eigenvalue weighted by Gasteiger charge is 2.13. The number of halogens is 2. The van der Waals surface area contributed by atoms with Crippen LogP contribution in [0.5, 0.6) is 0 Å². The van der Waals surface area contributed by atoms with Crippen LogP contribution in [0, 0.1) is 5.82 Å². The van der Waals surface area contributed by atoms with E-state index in [9.17, 15) is 9.18 Å². The number of nitrogens with two attached hydrogens (primary N) is 1. The lowest BCUT2D eigenvalue weighted by Crippen LogP contribution is -2.14.